The molecule has 2 rings (SSSR count). The maximum absolute atomic E-state index is 13.1. The van der Waals surface area contributed by atoms with E-state index in [0.29, 0.717) is 16.9 Å². The SMILES string of the molecule is COc1cccc(/C(=C/c2cccc(F)c2)C(=O)O)c1. The molecule has 0 bridgehead atoms. The number of carboxylic acid groups (broad SMARTS) is 1. The van der Waals surface area contributed by atoms with Gasteiger partial charge in [0.2, 0.25) is 0 Å². The highest BCUT2D eigenvalue weighted by Gasteiger charge is 2.11. The van der Waals surface area contributed by atoms with Crippen LogP contribution in [0.15, 0.2) is 48.5 Å². The summed E-state index contributed by atoms with van der Waals surface area (Å²) in [4.78, 5) is 11.4. The summed E-state index contributed by atoms with van der Waals surface area (Å²) in [7, 11) is 1.51. The molecule has 4 heteroatoms. The van der Waals surface area contributed by atoms with Crippen molar-refractivity contribution in [1.82, 2.24) is 0 Å². The van der Waals surface area contributed by atoms with E-state index in [4.69, 9.17) is 4.74 Å². The van der Waals surface area contributed by atoms with E-state index >= 15 is 0 Å². The normalized spacial score (nSPS) is 11.2. The van der Waals surface area contributed by atoms with Crippen LogP contribution in [0.4, 0.5) is 4.39 Å². The van der Waals surface area contributed by atoms with Gasteiger partial charge in [-0.1, -0.05) is 24.3 Å². The van der Waals surface area contributed by atoms with Gasteiger partial charge in [0.25, 0.3) is 0 Å². The van der Waals surface area contributed by atoms with E-state index in [2.05, 4.69) is 0 Å². The molecule has 102 valence electrons. The van der Waals surface area contributed by atoms with Gasteiger partial charge in [0, 0.05) is 0 Å². The van der Waals surface area contributed by atoms with Crippen LogP contribution in [-0.2, 0) is 4.79 Å². The molecule has 0 fully saturated rings. The summed E-state index contributed by atoms with van der Waals surface area (Å²) in [6.07, 6.45) is 1.43. The fourth-order valence-corrected chi connectivity index (χ4v) is 1.82. The smallest absolute Gasteiger partial charge is 0.336 e. The van der Waals surface area contributed by atoms with E-state index in [1.165, 1.54) is 31.4 Å². The molecule has 20 heavy (non-hydrogen) atoms. The van der Waals surface area contributed by atoms with Gasteiger partial charge >= 0.3 is 5.97 Å². The van der Waals surface area contributed by atoms with Crippen molar-refractivity contribution in [2.75, 3.05) is 7.11 Å². The van der Waals surface area contributed by atoms with Crippen molar-refractivity contribution in [2.24, 2.45) is 0 Å². The molecule has 0 aliphatic carbocycles. The van der Waals surface area contributed by atoms with Gasteiger partial charge in [-0.15, -0.1) is 0 Å². The van der Waals surface area contributed by atoms with Crippen LogP contribution in [0.5, 0.6) is 5.75 Å². The quantitative estimate of drug-likeness (QED) is 0.685. The largest absolute Gasteiger partial charge is 0.497 e. The van der Waals surface area contributed by atoms with E-state index in [-0.39, 0.29) is 5.57 Å². The van der Waals surface area contributed by atoms with Crippen LogP contribution in [0.3, 0.4) is 0 Å². The molecule has 0 aliphatic rings. The predicted octanol–water partition coefficient (Wildman–Crippen LogP) is 3.46. The molecule has 0 aromatic heterocycles. The maximum Gasteiger partial charge on any atom is 0.336 e. The lowest BCUT2D eigenvalue weighted by Gasteiger charge is -2.06. The molecule has 2 aromatic rings. The number of aliphatic carboxylic acids is 1. The highest BCUT2D eigenvalue weighted by molar-refractivity contribution is 6.20. The fraction of sp³-hybridized carbons (Fsp3) is 0.0625. The van der Waals surface area contributed by atoms with Gasteiger partial charge in [-0.3, -0.25) is 0 Å². The highest BCUT2D eigenvalue weighted by atomic mass is 19.1. The molecule has 0 spiro atoms. The Labute approximate surface area is 115 Å². The molecular weight excluding hydrogens is 259 g/mol. The first kappa shape index (κ1) is 13.8. The van der Waals surface area contributed by atoms with Crippen LogP contribution in [0.25, 0.3) is 11.6 Å². The first-order valence-corrected chi connectivity index (χ1v) is 5.95. The summed E-state index contributed by atoms with van der Waals surface area (Å²) in [5, 5.41) is 9.32. The summed E-state index contributed by atoms with van der Waals surface area (Å²) >= 11 is 0. The summed E-state index contributed by atoms with van der Waals surface area (Å²) < 4.78 is 18.2. The third-order valence-corrected chi connectivity index (χ3v) is 2.77. The van der Waals surface area contributed by atoms with Crippen molar-refractivity contribution in [3.8, 4) is 5.75 Å². The number of hydrogen-bond acceptors (Lipinski definition) is 2. The van der Waals surface area contributed by atoms with Crippen molar-refractivity contribution in [1.29, 1.82) is 0 Å². The van der Waals surface area contributed by atoms with Crippen LogP contribution in [0.2, 0.25) is 0 Å². The van der Waals surface area contributed by atoms with E-state index < -0.39 is 11.8 Å². The van der Waals surface area contributed by atoms with E-state index in [0.717, 1.165) is 0 Å². The van der Waals surface area contributed by atoms with E-state index in [1.807, 2.05) is 0 Å². The average molecular weight is 272 g/mol. The molecule has 0 saturated carbocycles. The lowest BCUT2D eigenvalue weighted by atomic mass is 10.0. The summed E-state index contributed by atoms with van der Waals surface area (Å²) in [5.74, 6) is -0.925. The summed E-state index contributed by atoms with van der Waals surface area (Å²) in [6.45, 7) is 0. The number of methoxy groups -OCH3 is 1. The van der Waals surface area contributed by atoms with Crippen molar-refractivity contribution in [3.63, 3.8) is 0 Å². The monoisotopic (exact) mass is 272 g/mol. The van der Waals surface area contributed by atoms with Gasteiger partial charge in [-0.05, 0) is 41.5 Å². The topological polar surface area (TPSA) is 46.5 Å². The number of carbonyl (C=O) groups is 1. The van der Waals surface area contributed by atoms with E-state index in [9.17, 15) is 14.3 Å². The van der Waals surface area contributed by atoms with Crippen molar-refractivity contribution < 1.29 is 19.0 Å². The first-order chi connectivity index (χ1) is 9.60. The third kappa shape index (κ3) is 3.23. The lowest BCUT2D eigenvalue weighted by Crippen LogP contribution is -2.00. The Morgan fingerprint density at radius 1 is 1.20 bits per heavy atom. The maximum atomic E-state index is 13.1. The first-order valence-electron chi connectivity index (χ1n) is 5.95. The van der Waals surface area contributed by atoms with Crippen LogP contribution in [0.1, 0.15) is 11.1 Å². The second kappa shape index (κ2) is 6.02. The van der Waals surface area contributed by atoms with Gasteiger partial charge in [0.15, 0.2) is 0 Å². The Morgan fingerprint density at radius 2 is 1.95 bits per heavy atom. The van der Waals surface area contributed by atoms with Crippen molar-refractivity contribution in [3.05, 3.63) is 65.5 Å². The van der Waals surface area contributed by atoms with Crippen LogP contribution < -0.4 is 4.74 Å². The van der Waals surface area contributed by atoms with E-state index in [1.54, 1.807) is 30.3 Å². The molecule has 0 amide bonds. The van der Waals surface area contributed by atoms with Gasteiger partial charge in [0.05, 0.1) is 12.7 Å². The zero-order valence-electron chi connectivity index (χ0n) is 10.8. The number of ether oxygens (including phenoxy) is 1. The molecule has 0 aliphatic heterocycles. The van der Waals surface area contributed by atoms with Gasteiger partial charge in [0.1, 0.15) is 11.6 Å². The van der Waals surface area contributed by atoms with Crippen LogP contribution in [0, 0.1) is 5.82 Å². The highest BCUT2D eigenvalue weighted by Crippen LogP contribution is 2.23. The second-order valence-corrected chi connectivity index (χ2v) is 4.15. The Hall–Kier alpha value is -2.62. The predicted molar refractivity (Wildman–Crippen MR) is 74.9 cm³/mol. The molecule has 0 atom stereocenters. The molecule has 0 heterocycles. The Morgan fingerprint density at radius 3 is 2.60 bits per heavy atom. The zero-order chi connectivity index (χ0) is 14.5. The summed E-state index contributed by atoms with van der Waals surface area (Å²) in [5.41, 5.74) is 1.07. The second-order valence-electron chi connectivity index (χ2n) is 4.15. The molecule has 1 N–H and O–H groups in total. The molecule has 0 radical (unpaired) electrons. The Kier molecular flexibility index (Phi) is 4.15. The molecule has 3 nitrogen and oxygen atoms in total. The van der Waals surface area contributed by atoms with Gasteiger partial charge in [-0.2, -0.15) is 0 Å². The molecular formula is C16H13FO3. The Balaban J connectivity index is 2.48. The average Bonchev–Trinajstić information content (AvgIpc) is 2.44. The van der Waals surface area contributed by atoms with Gasteiger partial charge in [-0.25, -0.2) is 9.18 Å². The number of hydrogen-bond donors (Lipinski definition) is 1. The minimum atomic E-state index is -1.08. The molecule has 2 aromatic carbocycles. The number of rotatable bonds is 4. The Bertz CT molecular complexity index is 662. The molecule has 0 unspecified atom stereocenters. The number of halogens is 1. The van der Waals surface area contributed by atoms with Crippen LogP contribution in [-0.4, -0.2) is 18.2 Å². The summed E-state index contributed by atoms with van der Waals surface area (Å²) in [6, 6.07) is 12.5. The van der Waals surface area contributed by atoms with Gasteiger partial charge < -0.3 is 9.84 Å². The van der Waals surface area contributed by atoms with Crippen LogP contribution >= 0.6 is 0 Å². The minimum absolute atomic E-state index is 0.0782. The standard InChI is InChI=1S/C16H13FO3/c1-20-14-7-3-5-12(10-14)15(16(18)19)9-11-4-2-6-13(17)8-11/h2-10H,1H3,(H,18,19)/b15-9-. The third-order valence-electron chi connectivity index (χ3n) is 2.77. The van der Waals surface area contributed by atoms with Crippen molar-refractivity contribution in [2.45, 2.75) is 0 Å². The molecule has 0 saturated heterocycles. The minimum Gasteiger partial charge on any atom is -0.497 e. The zero-order valence-corrected chi connectivity index (χ0v) is 10.8. The lowest BCUT2D eigenvalue weighted by molar-refractivity contribution is -0.130. The van der Waals surface area contributed by atoms with Crippen molar-refractivity contribution >= 4 is 17.6 Å². The number of benzene rings is 2. The number of carboxylic acids is 1. The fourth-order valence-electron chi connectivity index (χ4n) is 1.82.